The molecule has 2 aromatic carbocycles. The molecule has 2 aliphatic heterocycles. The van der Waals surface area contributed by atoms with Crippen molar-refractivity contribution in [1.82, 2.24) is 0 Å². The Hall–Kier alpha value is -1.71. The monoisotopic (exact) mass is 310 g/mol. The molecule has 0 spiro atoms. The minimum absolute atomic E-state index is 0.186. The van der Waals surface area contributed by atoms with Crippen LogP contribution in [0.4, 0.5) is 0 Å². The van der Waals surface area contributed by atoms with Gasteiger partial charge >= 0.3 is 0 Å². The number of aryl methyl sites for hydroxylation is 1. The molecule has 0 saturated carbocycles. The SMILES string of the molecule is Cc1ccc(C2=CSS3=C2C=C(c2ccccc2)O3)cc1. The second kappa shape index (κ2) is 5.24. The van der Waals surface area contributed by atoms with E-state index in [1.165, 1.54) is 21.6 Å². The Morgan fingerprint density at radius 2 is 1.67 bits per heavy atom. The summed E-state index contributed by atoms with van der Waals surface area (Å²) in [6, 6.07) is 19.0. The van der Waals surface area contributed by atoms with Crippen LogP contribution in [0.3, 0.4) is 0 Å². The number of benzene rings is 2. The molecular weight excluding hydrogens is 296 g/mol. The molecule has 0 radical (unpaired) electrons. The molecule has 1 unspecified atom stereocenters. The summed E-state index contributed by atoms with van der Waals surface area (Å²) in [5.74, 6) is 0.985. The largest absolute Gasteiger partial charge is 0.422 e. The van der Waals surface area contributed by atoms with Gasteiger partial charge in [-0.2, -0.15) is 0 Å². The minimum atomic E-state index is -0.186. The lowest BCUT2D eigenvalue weighted by molar-refractivity contribution is 0.615. The molecule has 21 heavy (non-hydrogen) atoms. The van der Waals surface area contributed by atoms with Gasteiger partial charge < -0.3 is 4.18 Å². The predicted molar refractivity (Wildman–Crippen MR) is 94.8 cm³/mol. The average Bonchev–Trinajstić information content (AvgIpc) is 3.09. The average molecular weight is 310 g/mol. The van der Waals surface area contributed by atoms with Gasteiger partial charge in [-0.1, -0.05) is 60.2 Å². The summed E-state index contributed by atoms with van der Waals surface area (Å²) < 4.78 is 6.11. The Labute approximate surface area is 130 Å². The first-order valence-electron chi connectivity index (χ1n) is 6.83. The summed E-state index contributed by atoms with van der Waals surface area (Å²) in [6.07, 6.45) is 2.20. The van der Waals surface area contributed by atoms with Gasteiger partial charge in [-0.05, 0) is 34.8 Å². The van der Waals surface area contributed by atoms with Crippen LogP contribution in [0.25, 0.3) is 11.3 Å². The molecule has 0 aliphatic carbocycles. The molecule has 2 aliphatic rings. The maximum Gasteiger partial charge on any atom is 0.146 e. The third kappa shape index (κ3) is 2.37. The topological polar surface area (TPSA) is 9.23 Å². The van der Waals surface area contributed by atoms with Crippen LogP contribution in [0.1, 0.15) is 16.7 Å². The van der Waals surface area contributed by atoms with E-state index in [4.69, 9.17) is 4.18 Å². The zero-order valence-electron chi connectivity index (χ0n) is 11.6. The standard InChI is InChI=1S/C18H14OS2/c1-13-7-9-14(10-8-13)16-12-20-21-18(16)11-17(19-21)15-5-3-2-4-6-15/h2-12H,1H3. The summed E-state index contributed by atoms with van der Waals surface area (Å²) in [5, 5.41) is 2.22. The van der Waals surface area contributed by atoms with Gasteiger partial charge in [-0.15, -0.1) is 0 Å². The Morgan fingerprint density at radius 1 is 0.905 bits per heavy atom. The summed E-state index contributed by atoms with van der Waals surface area (Å²) in [5.41, 5.74) is 5.01. The van der Waals surface area contributed by atoms with Crippen LogP contribution in [0, 0.1) is 6.92 Å². The van der Waals surface area contributed by atoms with Gasteiger partial charge in [0.15, 0.2) is 0 Å². The van der Waals surface area contributed by atoms with E-state index in [2.05, 4.69) is 54.8 Å². The van der Waals surface area contributed by atoms with Crippen molar-refractivity contribution in [2.75, 3.05) is 0 Å². The predicted octanol–water partition coefficient (Wildman–Crippen LogP) is 5.43. The van der Waals surface area contributed by atoms with E-state index in [0.717, 1.165) is 11.3 Å². The van der Waals surface area contributed by atoms with Crippen LogP contribution < -0.4 is 0 Å². The molecule has 2 heterocycles. The Bertz CT molecular complexity index is 784. The Kier molecular flexibility index (Phi) is 3.24. The molecule has 0 N–H and O–H groups in total. The lowest BCUT2D eigenvalue weighted by Crippen LogP contribution is -1.93. The maximum atomic E-state index is 6.11. The highest BCUT2D eigenvalue weighted by Gasteiger charge is 2.26. The zero-order valence-corrected chi connectivity index (χ0v) is 13.2. The van der Waals surface area contributed by atoms with Crippen LogP contribution in [0.5, 0.6) is 0 Å². The first kappa shape index (κ1) is 13.0. The van der Waals surface area contributed by atoms with Gasteiger partial charge in [0, 0.05) is 11.1 Å². The number of allylic oxidation sites excluding steroid dienone is 2. The summed E-state index contributed by atoms with van der Waals surface area (Å²) in [7, 11) is 1.59. The van der Waals surface area contributed by atoms with Crippen molar-refractivity contribution in [3.8, 4) is 0 Å². The van der Waals surface area contributed by atoms with E-state index >= 15 is 0 Å². The lowest BCUT2D eigenvalue weighted by atomic mass is 10.0. The molecular formula is C18H14OS2. The summed E-state index contributed by atoms with van der Waals surface area (Å²) in [6.45, 7) is 2.12. The van der Waals surface area contributed by atoms with Crippen molar-refractivity contribution >= 4 is 36.8 Å². The minimum Gasteiger partial charge on any atom is -0.422 e. The van der Waals surface area contributed by atoms with E-state index < -0.39 is 0 Å². The van der Waals surface area contributed by atoms with Crippen molar-refractivity contribution < 1.29 is 4.18 Å². The molecule has 0 fully saturated rings. The van der Waals surface area contributed by atoms with Crippen LogP contribution >= 0.6 is 20.6 Å². The zero-order chi connectivity index (χ0) is 14.2. The second-order valence-corrected chi connectivity index (χ2v) is 8.04. The van der Waals surface area contributed by atoms with Crippen molar-refractivity contribution in [2.45, 2.75) is 6.92 Å². The fourth-order valence-corrected chi connectivity index (χ4v) is 5.62. The molecule has 3 heteroatoms. The normalized spacial score (nSPS) is 19.9. The Balaban J connectivity index is 1.68. The third-order valence-electron chi connectivity index (χ3n) is 3.55. The molecule has 2 aromatic rings. The fraction of sp³-hybridized carbons (Fsp3) is 0.0556. The van der Waals surface area contributed by atoms with Gasteiger partial charge in [-0.25, -0.2) is 0 Å². The third-order valence-corrected chi connectivity index (χ3v) is 6.64. The van der Waals surface area contributed by atoms with Crippen LogP contribution in [-0.2, 0) is 4.18 Å². The van der Waals surface area contributed by atoms with Crippen LogP contribution in [0.15, 0.2) is 66.1 Å². The van der Waals surface area contributed by atoms with E-state index in [-0.39, 0.29) is 9.80 Å². The number of rotatable bonds is 2. The molecule has 1 nitrogen and oxygen atoms in total. The van der Waals surface area contributed by atoms with Gasteiger partial charge in [0.05, 0.1) is 14.7 Å². The fourth-order valence-electron chi connectivity index (χ4n) is 2.38. The van der Waals surface area contributed by atoms with Gasteiger partial charge in [0.25, 0.3) is 0 Å². The first-order valence-corrected chi connectivity index (χ1v) is 9.37. The smallest absolute Gasteiger partial charge is 0.146 e. The quantitative estimate of drug-likeness (QED) is 0.540. The summed E-state index contributed by atoms with van der Waals surface area (Å²) >= 11 is 0. The van der Waals surface area contributed by atoms with E-state index in [0.29, 0.717) is 0 Å². The van der Waals surface area contributed by atoms with Crippen molar-refractivity contribution in [1.29, 1.82) is 0 Å². The molecule has 4 rings (SSSR count). The lowest BCUT2D eigenvalue weighted by Gasteiger charge is -2.05. The van der Waals surface area contributed by atoms with Gasteiger partial charge in [-0.3, -0.25) is 0 Å². The second-order valence-electron chi connectivity index (χ2n) is 5.05. The van der Waals surface area contributed by atoms with Crippen molar-refractivity contribution in [3.63, 3.8) is 0 Å². The highest BCUT2D eigenvalue weighted by atomic mass is 33.1. The van der Waals surface area contributed by atoms with Crippen LogP contribution in [0.2, 0.25) is 0 Å². The van der Waals surface area contributed by atoms with Gasteiger partial charge in [0.2, 0.25) is 0 Å². The first-order chi connectivity index (χ1) is 10.3. The molecule has 0 aromatic heterocycles. The van der Waals surface area contributed by atoms with Crippen LogP contribution in [-0.4, -0.2) is 4.86 Å². The molecule has 0 bridgehead atoms. The van der Waals surface area contributed by atoms with Crippen molar-refractivity contribution in [2.24, 2.45) is 0 Å². The highest BCUT2D eigenvalue weighted by molar-refractivity contribution is 8.84. The molecule has 0 amide bonds. The van der Waals surface area contributed by atoms with E-state index in [1.54, 1.807) is 10.8 Å². The highest BCUT2D eigenvalue weighted by Crippen LogP contribution is 2.52. The van der Waals surface area contributed by atoms with Crippen molar-refractivity contribution in [3.05, 3.63) is 82.8 Å². The molecule has 104 valence electrons. The van der Waals surface area contributed by atoms with E-state index in [9.17, 15) is 0 Å². The number of hydrogen-bond donors (Lipinski definition) is 0. The summed E-state index contributed by atoms with van der Waals surface area (Å²) in [4.78, 5) is 1.31. The molecule has 0 saturated heterocycles. The maximum absolute atomic E-state index is 6.11. The van der Waals surface area contributed by atoms with E-state index in [1.807, 2.05) is 18.2 Å². The number of hydrogen-bond acceptors (Lipinski definition) is 2. The Morgan fingerprint density at radius 3 is 2.43 bits per heavy atom. The molecule has 1 atom stereocenters. The van der Waals surface area contributed by atoms with Gasteiger partial charge in [0.1, 0.15) is 5.76 Å².